The van der Waals surface area contributed by atoms with Crippen LogP contribution in [0.15, 0.2) is 29.2 Å². The van der Waals surface area contributed by atoms with Crippen LogP contribution in [0.3, 0.4) is 0 Å². The third kappa shape index (κ3) is 2.90. The minimum absolute atomic E-state index is 0.0719. The molecule has 2 aromatic rings. The SMILES string of the molecule is Cc1cccc2c(=O)c(C(=O)NC3CCCOCC3)c[nH]c12. The number of aryl methyl sites for hydroxylation is 1. The molecule has 0 bridgehead atoms. The molecular formula is C17H20N2O3. The van der Waals surface area contributed by atoms with E-state index in [0.29, 0.717) is 12.0 Å². The molecule has 1 fully saturated rings. The molecule has 0 radical (unpaired) electrons. The number of nitrogens with one attached hydrogen (secondary N) is 2. The highest BCUT2D eigenvalue weighted by Gasteiger charge is 2.19. The summed E-state index contributed by atoms with van der Waals surface area (Å²) in [7, 11) is 0. The van der Waals surface area contributed by atoms with E-state index in [1.54, 1.807) is 6.07 Å². The molecule has 5 nitrogen and oxygen atoms in total. The van der Waals surface area contributed by atoms with Crippen LogP contribution in [0.2, 0.25) is 0 Å². The van der Waals surface area contributed by atoms with Gasteiger partial charge in [0.05, 0.1) is 5.52 Å². The van der Waals surface area contributed by atoms with Crippen LogP contribution < -0.4 is 10.7 Å². The van der Waals surface area contributed by atoms with Crippen molar-refractivity contribution < 1.29 is 9.53 Å². The largest absolute Gasteiger partial charge is 0.381 e. The Bertz CT molecular complexity index is 743. The number of hydrogen-bond donors (Lipinski definition) is 2. The van der Waals surface area contributed by atoms with Gasteiger partial charge in [-0.05, 0) is 37.8 Å². The number of ether oxygens (including phenoxy) is 1. The lowest BCUT2D eigenvalue weighted by Gasteiger charge is -2.15. The number of para-hydroxylation sites is 1. The number of carbonyl (C=O) groups excluding carboxylic acids is 1. The molecule has 1 unspecified atom stereocenters. The Morgan fingerprint density at radius 2 is 2.18 bits per heavy atom. The summed E-state index contributed by atoms with van der Waals surface area (Å²) in [5.74, 6) is -0.309. The number of hydrogen-bond acceptors (Lipinski definition) is 3. The number of carbonyl (C=O) groups is 1. The summed E-state index contributed by atoms with van der Waals surface area (Å²) >= 11 is 0. The number of H-pyrrole nitrogens is 1. The van der Waals surface area contributed by atoms with Crippen molar-refractivity contribution >= 4 is 16.8 Å². The zero-order chi connectivity index (χ0) is 15.5. The van der Waals surface area contributed by atoms with Gasteiger partial charge in [-0.3, -0.25) is 9.59 Å². The number of aromatic amines is 1. The van der Waals surface area contributed by atoms with Gasteiger partial charge in [-0.2, -0.15) is 0 Å². The predicted molar refractivity (Wildman–Crippen MR) is 85.2 cm³/mol. The molecule has 2 N–H and O–H groups in total. The van der Waals surface area contributed by atoms with Gasteiger partial charge in [0.2, 0.25) is 5.43 Å². The molecule has 0 spiro atoms. The third-order valence-corrected chi connectivity index (χ3v) is 4.15. The Balaban J connectivity index is 1.88. The molecular weight excluding hydrogens is 280 g/mol. The van der Waals surface area contributed by atoms with Crippen LogP contribution in [0.5, 0.6) is 0 Å². The summed E-state index contributed by atoms with van der Waals surface area (Å²) < 4.78 is 5.39. The van der Waals surface area contributed by atoms with Crippen molar-refractivity contribution in [3.63, 3.8) is 0 Å². The minimum Gasteiger partial charge on any atom is -0.381 e. The maximum Gasteiger partial charge on any atom is 0.256 e. The van der Waals surface area contributed by atoms with Crippen LogP contribution in [0.25, 0.3) is 10.9 Å². The van der Waals surface area contributed by atoms with E-state index in [1.165, 1.54) is 6.20 Å². The van der Waals surface area contributed by atoms with Gasteiger partial charge in [0.1, 0.15) is 5.56 Å². The van der Waals surface area contributed by atoms with E-state index in [1.807, 2.05) is 19.1 Å². The fourth-order valence-corrected chi connectivity index (χ4v) is 2.88. The molecule has 1 atom stereocenters. The first kappa shape index (κ1) is 14.8. The molecule has 5 heteroatoms. The van der Waals surface area contributed by atoms with Crippen LogP contribution in [-0.4, -0.2) is 30.1 Å². The molecule has 1 aromatic carbocycles. The Morgan fingerprint density at radius 3 is 3.05 bits per heavy atom. The van der Waals surface area contributed by atoms with Crippen molar-refractivity contribution in [2.45, 2.75) is 32.2 Å². The molecule has 3 rings (SSSR count). The van der Waals surface area contributed by atoms with Gasteiger partial charge in [0.15, 0.2) is 0 Å². The van der Waals surface area contributed by atoms with Gasteiger partial charge in [0, 0.05) is 30.8 Å². The third-order valence-electron chi connectivity index (χ3n) is 4.15. The predicted octanol–water partition coefficient (Wildman–Crippen LogP) is 2.14. The van der Waals surface area contributed by atoms with Crippen LogP contribution in [0.4, 0.5) is 0 Å². The van der Waals surface area contributed by atoms with Gasteiger partial charge in [-0.1, -0.05) is 12.1 Å². The molecule has 0 aliphatic carbocycles. The fraction of sp³-hybridized carbons (Fsp3) is 0.412. The smallest absolute Gasteiger partial charge is 0.256 e. The highest BCUT2D eigenvalue weighted by atomic mass is 16.5. The molecule has 0 saturated carbocycles. The number of benzene rings is 1. The second kappa shape index (κ2) is 6.32. The van der Waals surface area contributed by atoms with E-state index in [-0.39, 0.29) is 22.9 Å². The van der Waals surface area contributed by atoms with E-state index in [4.69, 9.17) is 4.74 Å². The summed E-state index contributed by atoms with van der Waals surface area (Å²) in [4.78, 5) is 28.0. The minimum atomic E-state index is -0.309. The van der Waals surface area contributed by atoms with E-state index in [9.17, 15) is 9.59 Å². The first-order valence-electron chi connectivity index (χ1n) is 7.66. The topological polar surface area (TPSA) is 71.2 Å². The van der Waals surface area contributed by atoms with Crippen molar-refractivity contribution in [3.05, 3.63) is 45.7 Å². The van der Waals surface area contributed by atoms with E-state index < -0.39 is 0 Å². The lowest BCUT2D eigenvalue weighted by molar-refractivity contribution is 0.0928. The average Bonchev–Trinajstić information content (AvgIpc) is 2.77. The molecule has 1 aliphatic heterocycles. The van der Waals surface area contributed by atoms with Gasteiger partial charge in [0.25, 0.3) is 5.91 Å². The van der Waals surface area contributed by atoms with Gasteiger partial charge < -0.3 is 15.0 Å². The monoisotopic (exact) mass is 300 g/mol. The molecule has 116 valence electrons. The quantitative estimate of drug-likeness (QED) is 0.892. The highest BCUT2D eigenvalue weighted by molar-refractivity contribution is 5.97. The first-order chi connectivity index (χ1) is 10.7. The van der Waals surface area contributed by atoms with Gasteiger partial charge in [-0.15, -0.1) is 0 Å². The lowest BCUT2D eigenvalue weighted by Crippen LogP contribution is -2.37. The molecule has 1 amide bonds. The normalized spacial score (nSPS) is 18.9. The standard InChI is InChI=1S/C17H20N2O3/c1-11-4-2-6-13-15(11)18-10-14(16(13)20)17(21)19-12-5-3-8-22-9-7-12/h2,4,6,10,12H,3,5,7-9H2,1H3,(H,18,20)(H,19,21). The first-order valence-corrected chi connectivity index (χ1v) is 7.66. The molecule has 1 saturated heterocycles. The number of rotatable bonds is 2. The average molecular weight is 300 g/mol. The van der Waals surface area contributed by atoms with Crippen LogP contribution >= 0.6 is 0 Å². The van der Waals surface area contributed by atoms with Crippen LogP contribution in [0, 0.1) is 6.92 Å². The summed E-state index contributed by atoms with van der Waals surface area (Å²) in [5, 5.41) is 3.51. The number of aromatic nitrogens is 1. The Kier molecular flexibility index (Phi) is 4.24. The molecule has 1 aliphatic rings. The summed E-state index contributed by atoms with van der Waals surface area (Å²) in [5.41, 5.74) is 1.72. The maximum absolute atomic E-state index is 12.5. The number of pyridine rings is 1. The highest BCUT2D eigenvalue weighted by Crippen LogP contribution is 2.13. The van der Waals surface area contributed by atoms with Crippen LogP contribution in [-0.2, 0) is 4.74 Å². The second-order valence-electron chi connectivity index (χ2n) is 5.74. The molecule has 22 heavy (non-hydrogen) atoms. The van der Waals surface area contributed by atoms with E-state index >= 15 is 0 Å². The zero-order valence-corrected chi connectivity index (χ0v) is 12.6. The van der Waals surface area contributed by atoms with Crippen molar-refractivity contribution in [3.8, 4) is 0 Å². The van der Waals surface area contributed by atoms with Crippen molar-refractivity contribution in [2.24, 2.45) is 0 Å². The van der Waals surface area contributed by atoms with Crippen molar-refractivity contribution in [2.75, 3.05) is 13.2 Å². The maximum atomic E-state index is 12.5. The van der Waals surface area contributed by atoms with Gasteiger partial charge >= 0.3 is 0 Å². The van der Waals surface area contributed by atoms with E-state index in [2.05, 4.69) is 10.3 Å². The fourth-order valence-electron chi connectivity index (χ4n) is 2.88. The van der Waals surface area contributed by atoms with Gasteiger partial charge in [-0.25, -0.2) is 0 Å². The zero-order valence-electron chi connectivity index (χ0n) is 12.6. The van der Waals surface area contributed by atoms with E-state index in [0.717, 1.165) is 36.9 Å². The Hall–Kier alpha value is -2.14. The molecule has 1 aromatic heterocycles. The number of fused-ring (bicyclic) bond motifs is 1. The molecule has 2 heterocycles. The van der Waals surface area contributed by atoms with Crippen molar-refractivity contribution in [1.82, 2.24) is 10.3 Å². The van der Waals surface area contributed by atoms with Crippen LogP contribution in [0.1, 0.15) is 35.2 Å². The Labute approximate surface area is 128 Å². The second-order valence-corrected chi connectivity index (χ2v) is 5.74. The van der Waals surface area contributed by atoms with Crippen molar-refractivity contribution in [1.29, 1.82) is 0 Å². The summed E-state index contributed by atoms with van der Waals surface area (Å²) in [6.07, 6.45) is 4.12. The Morgan fingerprint density at radius 1 is 1.32 bits per heavy atom. The number of amides is 1. The summed E-state index contributed by atoms with van der Waals surface area (Å²) in [6, 6.07) is 5.58. The lowest BCUT2D eigenvalue weighted by atomic mass is 10.1. The summed E-state index contributed by atoms with van der Waals surface area (Å²) in [6.45, 7) is 3.32.